The number of nitrogens with zero attached hydrogens (tertiary/aromatic N) is 2. The van der Waals surface area contributed by atoms with Crippen molar-refractivity contribution in [3.05, 3.63) is 35.2 Å². The number of aromatic nitrogens is 1. The van der Waals surface area contributed by atoms with E-state index >= 15 is 0 Å². The molecule has 1 saturated heterocycles. The summed E-state index contributed by atoms with van der Waals surface area (Å²) >= 11 is 1.75. The van der Waals surface area contributed by atoms with Crippen LogP contribution < -0.4 is 10.6 Å². The zero-order valence-corrected chi connectivity index (χ0v) is 11.8. The highest BCUT2D eigenvalue weighted by atomic mass is 32.1. The van der Waals surface area contributed by atoms with Crippen LogP contribution in [0, 0.1) is 0 Å². The molecule has 3 rings (SSSR count). The molecule has 3 nitrogen and oxygen atoms in total. The maximum Gasteiger partial charge on any atom is 0.185 e. The Balaban J connectivity index is 1.79. The quantitative estimate of drug-likeness (QED) is 0.933. The normalized spacial score (nSPS) is 15.7. The fourth-order valence-electron chi connectivity index (χ4n) is 2.44. The molecule has 0 radical (unpaired) electrons. The SMILES string of the molecule is NCc1ccc(-c2csc(N3CCCCC3)n2)cc1. The average molecular weight is 273 g/mol. The summed E-state index contributed by atoms with van der Waals surface area (Å²) in [5, 5.41) is 3.32. The number of nitrogens with two attached hydrogens (primary N) is 1. The number of piperidine rings is 1. The van der Waals surface area contributed by atoms with Gasteiger partial charge in [-0.05, 0) is 24.8 Å². The lowest BCUT2D eigenvalue weighted by Crippen LogP contribution is -2.29. The third-order valence-corrected chi connectivity index (χ3v) is 4.51. The van der Waals surface area contributed by atoms with Crippen LogP contribution in [-0.4, -0.2) is 18.1 Å². The smallest absolute Gasteiger partial charge is 0.185 e. The molecule has 19 heavy (non-hydrogen) atoms. The fraction of sp³-hybridized carbons (Fsp3) is 0.400. The van der Waals surface area contributed by atoms with Gasteiger partial charge in [-0.3, -0.25) is 0 Å². The van der Waals surface area contributed by atoms with Gasteiger partial charge < -0.3 is 10.6 Å². The summed E-state index contributed by atoms with van der Waals surface area (Å²) in [4.78, 5) is 7.18. The van der Waals surface area contributed by atoms with Crippen LogP contribution in [0.5, 0.6) is 0 Å². The number of hydrogen-bond donors (Lipinski definition) is 1. The molecule has 0 bridgehead atoms. The monoisotopic (exact) mass is 273 g/mol. The summed E-state index contributed by atoms with van der Waals surface area (Å²) in [7, 11) is 0. The summed E-state index contributed by atoms with van der Waals surface area (Å²) < 4.78 is 0. The second kappa shape index (κ2) is 5.72. The fourth-order valence-corrected chi connectivity index (χ4v) is 3.33. The van der Waals surface area contributed by atoms with E-state index in [2.05, 4.69) is 34.5 Å². The zero-order valence-electron chi connectivity index (χ0n) is 11.0. The van der Waals surface area contributed by atoms with Crippen molar-refractivity contribution < 1.29 is 0 Å². The molecule has 0 atom stereocenters. The minimum Gasteiger partial charge on any atom is -0.348 e. The Hall–Kier alpha value is -1.39. The number of thiazole rings is 1. The molecule has 1 aliphatic rings. The lowest BCUT2D eigenvalue weighted by Gasteiger charge is -2.25. The lowest BCUT2D eigenvalue weighted by molar-refractivity contribution is 0.577. The van der Waals surface area contributed by atoms with Crippen LogP contribution in [0.15, 0.2) is 29.6 Å². The molecule has 1 aromatic heterocycles. The van der Waals surface area contributed by atoms with Gasteiger partial charge >= 0.3 is 0 Å². The van der Waals surface area contributed by atoms with Crippen LogP contribution in [0.2, 0.25) is 0 Å². The van der Waals surface area contributed by atoms with Gasteiger partial charge in [0.1, 0.15) is 0 Å². The van der Waals surface area contributed by atoms with E-state index in [4.69, 9.17) is 10.7 Å². The number of hydrogen-bond acceptors (Lipinski definition) is 4. The van der Waals surface area contributed by atoms with Crippen molar-refractivity contribution in [2.45, 2.75) is 25.8 Å². The van der Waals surface area contributed by atoms with Crippen LogP contribution in [-0.2, 0) is 6.54 Å². The predicted molar refractivity (Wildman–Crippen MR) is 81.5 cm³/mol. The Bertz CT molecular complexity index is 527. The molecule has 2 heterocycles. The summed E-state index contributed by atoms with van der Waals surface area (Å²) in [6, 6.07) is 8.37. The Morgan fingerprint density at radius 1 is 1.11 bits per heavy atom. The van der Waals surface area contributed by atoms with Crippen LogP contribution in [0.1, 0.15) is 24.8 Å². The predicted octanol–water partition coefficient (Wildman–Crippen LogP) is 3.26. The highest BCUT2D eigenvalue weighted by Gasteiger charge is 2.14. The minimum atomic E-state index is 0.594. The molecule has 0 aliphatic carbocycles. The molecule has 0 spiro atoms. The summed E-state index contributed by atoms with van der Waals surface area (Å²) in [5.41, 5.74) is 9.04. The first kappa shape index (κ1) is 12.6. The van der Waals surface area contributed by atoms with E-state index < -0.39 is 0 Å². The largest absolute Gasteiger partial charge is 0.348 e. The maximum atomic E-state index is 5.62. The van der Waals surface area contributed by atoms with E-state index in [0.717, 1.165) is 29.5 Å². The van der Waals surface area contributed by atoms with Crippen molar-refractivity contribution >= 4 is 16.5 Å². The van der Waals surface area contributed by atoms with E-state index in [-0.39, 0.29) is 0 Å². The highest BCUT2D eigenvalue weighted by molar-refractivity contribution is 7.14. The van der Waals surface area contributed by atoms with E-state index in [9.17, 15) is 0 Å². The van der Waals surface area contributed by atoms with Crippen LogP contribution in [0.3, 0.4) is 0 Å². The van der Waals surface area contributed by atoms with E-state index in [1.54, 1.807) is 11.3 Å². The van der Waals surface area contributed by atoms with Crippen molar-refractivity contribution in [1.29, 1.82) is 0 Å². The van der Waals surface area contributed by atoms with E-state index in [1.165, 1.54) is 24.8 Å². The second-order valence-corrected chi connectivity index (χ2v) is 5.80. The van der Waals surface area contributed by atoms with Crippen molar-refractivity contribution in [2.75, 3.05) is 18.0 Å². The summed E-state index contributed by atoms with van der Waals surface area (Å²) in [6.07, 6.45) is 3.94. The van der Waals surface area contributed by atoms with Gasteiger partial charge in [-0.2, -0.15) is 0 Å². The second-order valence-electron chi connectivity index (χ2n) is 4.96. The number of anilines is 1. The van der Waals surface area contributed by atoms with E-state index in [0.29, 0.717) is 6.54 Å². The summed E-state index contributed by atoms with van der Waals surface area (Å²) in [6.45, 7) is 2.90. The molecule has 4 heteroatoms. The Kier molecular flexibility index (Phi) is 3.80. The molecule has 1 aliphatic heterocycles. The van der Waals surface area contributed by atoms with Gasteiger partial charge in [-0.15, -0.1) is 11.3 Å². The standard InChI is InChI=1S/C15H19N3S/c16-10-12-4-6-13(7-5-12)14-11-19-15(17-14)18-8-2-1-3-9-18/h4-7,11H,1-3,8-10,16H2. The Labute approximate surface area is 118 Å². The zero-order chi connectivity index (χ0) is 13.1. The van der Waals surface area contributed by atoms with E-state index in [1.807, 2.05) is 0 Å². The first-order valence-electron chi connectivity index (χ1n) is 6.86. The molecule has 2 N–H and O–H groups in total. The van der Waals surface area contributed by atoms with Crippen molar-refractivity contribution in [2.24, 2.45) is 5.73 Å². The van der Waals surface area contributed by atoms with Crippen molar-refractivity contribution in [1.82, 2.24) is 4.98 Å². The molecule has 0 amide bonds. The third-order valence-electron chi connectivity index (χ3n) is 3.60. The number of rotatable bonds is 3. The van der Waals surface area contributed by atoms with Gasteiger partial charge in [-0.1, -0.05) is 24.3 Å². The van der Waals surface area contributed by atoms with Crippen LogP contribution in [0.25, 0.3) is 11.3 Å². The minimum absolute atomic E-state index is 0.594. The average Bonchev–Trinajstić information content (AvgIpc) is 2.98. The Morgan fingerprint density at radius 3 is 2.53 bits per heavy atom. The number of benzene rings is 1. The molecule has 0 saturated carbocycles. The first-order valence-corrected chi connectivity index (χ1v) is 7.74. The van der Waals surface area contributed by atoms with Gasteiger partial charge in [0.2, 0.25) is 0 Å². The lowest BCUT2D eigenvalue weighted by atomic mass is 10.1. The van der Waals surface area contributed by atoms with Crippen molar-refractivity contribution in [3.63, 3.8) is 0 Å². The molecule has 2 aromatic rings. The van der Waals surface area contributed by atoms with Crippen molar-refractivity contribution in [3.8, 4) is 11.3 Å². The highest BCUT2D eigenvalue weighted by Crippen LogP contribution is 2.29. The topological polar surface area (TPSA) is 42.1 Å². The molecule has 100 valence electrons. The Morgan fingerprint density at radius 2 is 1.84 bits per heavy atom. The molecule has 1 fully saturated rings. The summed E-state index contributed by atoms with van der Waals surface area (Å²) in [5.74, 6) is 0. The van der Waals surface area contributed by atoms with Crippen LogP contribution in [0.4, 0.5) is 5.13 Å². The van der Waals surface area contributed by atoms with Crippen LogP contribution >= 0.6 is 11.3 Å². The maximum absolute atomic E-state index is 5.62. The molecular formula is C15H19N3S. The molecular weight excluding hydrogens is 254 g/mol. The van der Waals surface area contributed by atoms with Gasteiger partial charge in [0, 0.05) is 30.6 Å². The van der Waals surface area contributed by atoms with Gasteiger partial charge in [0.05, 0.1) is 5.69 Å². The molecule has 0 unspecified atom stereocenters. The first-order chi connectivity index (χ1) is 9.36. The third kappa shape index (κ3) is 2.80. The van der Waals surface area contributed by atoms with Gasteiger partial charge in [-0.25, -0.2) is 4.98 Å². The molecule has 1 aromatic carbocycles. The van der Waals surface area contributed by atoms with Gasteiger partial charge in [0.25, 0.3) is 0 Å². The van der Waals surface area contributed by atoms with Gasteiger partial charge in [0.15, 0.2) is 5.13 Å².